The average molecular weight is 190 g/mol. The molecule has 0 fully saturated rings. The number of aliphatic hydroxyl groups excluding tert-OH is 1. The van der Waals surface area contributed by atoms with Crippen LogP contribution in [0.3, 0.4) is 0 Å². The minimum absolute atomic E-state index is 0.136. The predicted octanol–water partition coefficient (Wildman–Crippen LogP) is 2.70. The SMILES string of the molecule is CC(C)(CO)c1cccc2occc12. The number of rotatable bonds is 2. The van der Waals surface area contributed by atoms with Gasteiger partial charge in [0.1, 0.15) is 5.58 Å². The highest BCUT2D eigenvalue weighted by Gasteiger charge is 2.22. The molecular weight excluding hydrogens is 176 g/mol. The first-order valence-electron chi connectivity index (χ1n) is 4.73. The molecular formula is C12H14O2. The zero-order chi connectivity index (χ0) is 10.2. The molecule has 0 saturated heterocycles. The van der Waals surface area contributed by atoms with Gasteiger partial charge in [-0.3, -0.25) is 0 Å². The van der Waals surface area contributed by atoms with Gasteiger partial charge in [0, 0.05) is 10.8 Å². The highest BCUT2D eigenvalue weighted by Crippen LogP contribution is 2.30. The van der Waals surface area contributed by atoms with Gasteiger partial charge in [-0.1, -0.05) is 26.0 Å². The molecule has 0 spiro atoms. The lowest BCUT2D eigenvalue weighted by Gasteiger charge is -2.22. The molecule has 0 unspecified atom stereocenters. The summed E-state index contributed by atoms with van der Waals surface area (Å²) in [5, 5.41) is 10.4. The minimum Gasteiger partial charge on any atom is -0.464 e. The van der Waals surface area contributed by atoms with Crippen LogP contribution in [0, 0.1) is 0 Å². The van der Waals surface area contributed by atoms with Crippen molar-refractivity contribution in [3.63, 3.8) is 0 Å². The molecule has 2 nitrogen and oxygen atoms in total. The van der Waals surface area contributed by atoms with Gasteiger partial charge in [-0.2, -0.15) is 0 Å². The maximum Gasteiger partial charge on any atom is 0.134 e. The molecule has 2 heteroatoms. The van der Waals surface area contributed by atoms with Gasteiger partial charge in [0.2, 0.25) is 0 Å². The molecule has 1 aromatic heterocycles. The van der Waals surface area contributed by atoms with Crippen LogP contribution in [0.5, 0.6) is 0 Å². The second-order valence-corrected chi connectivity index (χ2v) is 4.18. The van der Waals surface area contributed by atoms with E-state index in [4.69, 9.17) is 4.42 Å². The van der Waals surface area contributed by atoms with Gasteiger partial charge in [-0.15, -0.1) is 0 Å². The average Bonchev–Trinajstić information content (AvgIpc) is 2.64. The minimum atomic E-state index is -0.219. The van der Waals surface area contributed by atoms with Crippen LogP contribution in [0.25, 0.3) is 11.0 Å². The Morgan fingerprint density at radius 2 is 2.07 bits per heavy atom. The van der Waals surface area contributed by atoms with Crippen molar-refractivity contribution in [2.24, 2.45) is 0 Å². The van der Waals surface area contributed by atoms with Crippen LogP contribution >= 0.6 is 0 Å². The van der Waals surface area contributed by atoms with Crippen LogP contribution in [-0.4, -0.2) is 11.7 Å². The third-order valence-corrected chi connectivity index (χ3v) is 2.62. The van der Waals surface area contributed by atoms with Gasteiger partial charge in [0.15, 0.2) is 0 Å². The number of hydrogen-bond acceptors (Lipinski definition) is 2. The van der Waals surface area contributed by atoms with Crippen LogP contribution < -0.4 is 0 Å². The zero-order valence-corrected chi connectivity index (χ0v) is 8.45. The normalized spacial score (nSPS) is 12.2. The first kappa shape index (κ1) is 9.28. The predicted molar refractivity (Wildman–Crippen MR) is 56.3 cm³/mol. The Balaban J connectivity index is 2.67. The van der Waals surface area contributed by atoms with Crippen molar-refractivity contribution in [2.45, 2.75) is 19.3 Å². The maximum absolute atomic E-state index is 9.31. The van der Waals surface area contributed by atoms with E-state index in [-0.39, 0.29) is 12.0 Å². The first-order valence-corrected chi connectivity index (χ1v) is 4.73. The fourth-order valence-corrected chi connectivity index (χ4v) is 1.67. The van der Waals surface area contributed by atoms with Gasteiger partial charge in [-0.05, 0) is 17.7 Å². The highest BCUT2D eigenvalue weighted by atomic mass is 16.3. The monoisotopic (exact) mass is 190 g/mol. The third-order valence-electron chi connectivity index (χ3n) is 2.62. The van der Waals surface area contributed by atoms with E-state index in [2.05, 4.69) is 0 Å². The summed E-state index contributed by atoms with van der Waals surface area (Å²) in [6.45, 7) is 4.18. The van der Waals surface area contributed by atoms with Crippen LogP contribution in [0.4, 0.5) is 0 Å². The number of aliphatic hydroxyl groups is 1. The molecule has 0 atom stereocenters. The fourth-order valence-electron chi connectivity index (χ4n) is 1.67. The summed E-state index contributed by atoms with van der Waals surface area (Å²) in [4.78, 5) is 0. The summed E-state index contributed by atoms with van der Waals surface area (Å²) >= 11 is 0. The topological polar surface area (TPSA) is 33.4 Å². The van der Waals surface area contributed by atoms with Gasteiger partial charge in [0.25, 0.3) is 0 Å². The Hall–Kier alpha value is -1.28. The number of benzene rings is 1. The van der Waals surface area contributed by atoms with E-state index in [0.717, 1.165) is 16.5 Å². The van der Waals surface area contributed by atoms with Crippen LogP contribution in [0.15, 0.2) is 34.9 Å². The number of hydrogen-bond donors (Lipinski definition) is 1. The summed E-state index contributed by atoms with van der Waals surface area (Å²) in [5.74, 6) is 0. The smallest absolute Gasteiger partial charge is 0.134 e. The summed E-state index contributed by atoms with van der Waals surface area (Å²) in [7, 11) is 0. The van der Waals surface area contributed by atoms with Crippen LogP contribution in [-0.2, 0) is 5.41 Å². The van der Waals surface area contributed by atoms with E-state index >= 15 is 0 Å². The zero-order valence-electron chi connectivity index (χ0n) is 8.45. The molecule has 0 aliphatic carbocycles. The van der Waals surface area contributed by atoms with E-state index < -0.39 is 0 Å². The maximum atomic E-state index is 9.31. The van der Waals surface area contributed by atoms with Gasteiger partial charge in [0.05, 0.1) is 12.9 Å². The Kier molecular flexibility index (Phi) is 2.08. The molecule has 0 saturated carbocycles. The first-order chi connectivity index (χ1) is 6.65. The van der Waals surface area contributed by atoms with Crippen LogP contribution in [0.1, 0.15) is 19.4 Å². The van der Waals surface area contributed by atoms with E-state index in [1.807, 2.05) is 38.1 Å². The van der Waals surface area contributed by atoms with E-state index in [1.165, 1.54) is 0 Å². The summed E-state index contributed by atoms with van der Waals surface area (Å²) in [6.07, 6.45) is 1.68. The van der Waals surface area contributed by atoms with E-state index in [1.54, 1.807) is 6.26 Å². The van der Waals surface area contributed by atoms with E-state index in [9.17, 15) is 5.11 Å². The van der Waals surface area contributed by atoms with Crippen molar-refractivity contribution in [1.82, 2.24) is 0 Å². The quantitative estimate of drug-likeness (QED) is 0.789. The molecule has 0 aliphatic rings. The molecule has 2 rings (SSSR count). The molecule has 1 heterocycles. The molecule has 14 heavy (non-hydrogen) atoms. The molecule has 0 amide bonds. The van der Waals surface area contributed by atoms with Gasteiger partial charge < -0.3 is 9.52 Å². The number of furan rings is 1. The summed E-state index contributed by atoms with van der Waals surface area (Å²) in [5.41, 5.74) is 1.79. The summed E-state index contributed by atoms with van der Waals surface area (Å²) < 4.78 is 5.32. The second kappa shape index (κ2) is 3.14. The largest absolute Gasteiger partial charge is 0.464 e. The standard InChI is InChI=1S/C12H14O2/c1-12(2,8-13)10-4-3-5-11-9(10)6-7-14-11/h3-7,13H,8H2,1-2H3. The van der Waals surface area contributed by atoms with Crippen molar-refractivity contribution < 1.29 is 9.52 Å². The van der Waals surface area contributed by atoms with Gasteiger partial charge in [-0.25, -0.2) is 0 Å². The van der Waals surface area contributed by atoms with Crippen molar-refractivity contribution >= 4 is 11.0 Å². The molecule has 0 radical (unpaired) electrons. The molecule has 1 aromatic carbocycles. The summed E-state index contributed by atoms with van der Waals surface area (Å²) in [6, 6.07) is 7.88. The molecule has 74 valence electrons. The van der Waals surface area contributed by atoms with Crippen molar-refractivity contribution in [2.75, 3.05) is 6.61 Å². The fraction of sp³-hybridized carbons (Fsp3) is 0.333. The molecule has 0 aliphatic heterocycles. The molecule has 0 bridgehead atoms. The third kappa shape index (κ3) is 1.32. The number of fused-ring (bicyclic) bond motifs is 1. The van der Waals surface area contributed by atoms with Crippen molar-refractivity contribution in [3.8, 4) is 0 Å². The second-order valence-electron chi connectivity index (χ2n) is 4.18. The van der Waals surface area contributed by atoms with Crippen molar-refractivity contribution in [3.05, 3.63) is 36.1 Å². The Bertz CT molecular complexity index is 440. The van der Waals surface area contributed by atoms with Gasteiger partial charge >= 0.3 is 0 Å². The lowest BCUT2D eigenvalue weighted by molar-refractivity contribution is 0.219. The van der Waals surface area contributed by atoms with E-state index in [0.29, 0.717) is 0 Å². The molecule has 1 N–H and O–H groups in total. The Morgan fingerprint density at radius 1 is 1.29 bits per heavy atom. The highest BCUT2D eigenvalue weighted by molar-refractivity contribution is 5.82. The Morgan fingerprint density at radius 3 is 2.79 bits per heavy atom. The lowest BCUT2D eigenvalue weighted by Crippen LogP contribution is -2.22. The lowest BCUT2D eigenvalue weighted by atomic mass is 9.84. The van der Waals surface area contributed by atoms with Crippen molar-refractivity contribution in [1.29, 1.82) is 0 Å². The Labute approximate surface area is 83.2 Å². The van der Waals surface area contributed by atoms with Crippen LogP contribution in [0.2, 0.25) is 0 Å². The molecule has 2 aromatic rings.